The van der Waals surface area contributed by atoms with Gasteiger partial charge in [0.1, 0.15) is 28.4 Å². The highest BCUT2D eigenvalue weighted by Gasteiger charge is 2.60. The summed E-state index contributed by atoms with van der Waals surface area (Å²) in [6.45, 7) is 5.34. The molecule has 1 unspecified atom stereocenters. The van der Waals surface area contributed by atoms with Gasteiger partial charge in [0.05, 0.1) is 64.2 Å². The van der Waals surface area contributed by atoms with Crippen LogP contribution in [0.4, 0.5) is 18.9 Å². The van der Waals surface area contributed by atoms with Crippen molar-refractivity contribution in [3.8, 4) is 34.1 Å². The average Bonchev–Trinajstić information content (AvgIpc) is 1.50. The van der Waals surface area contributed by atoms with Gasteiger partial charge >= 0.3 is 6.18 Å². The number of aromatic nitrogens is 1. The summed E-state index contributed by atoms with van der Waals surface area (Å²) in [5.41, 5.74) is 33.9. The first-order chi connectivity index (χ1) is 64.5. The normalized spacial score (nSPS) is 21.3. The zero-order valence-electron chi connectivity index (χ0n) is 75.4. The van der Waals surface area contributed by atoms with Gasteiger partial charge in [-0.1, -0.05) is 194 Å². The number of amides is 5. The Labute approximate surface area is 803 Å². The number of aliphatic imine (C=N–C) groups is 5. The lowest BCUT2D eigenvalue weighted by Gasteiger charge is -2.41. The molecule has 7 aliphatic rings. The molecule has 18 rings (SSSR count). The predicted molar refractivity (Wildman–Crippen MR) is 525 cm³/mol. The van der Waals surface area contributed by atoms with E-state index in [1.54, 1.807) is 111 Å². The number of fused-ring (bicyclic) bond motifs is 1. The Morgan fingerprint density at radius 1 is 0.551 bits per heavy atom. The molecule has 1 saturated heterocycles. The molecule has 0 radical (unpaired) electrons. The number of hydrogen-bond donors (Lipinski definition) is 6. The summed E-state index contributed by atoms with van der Waals surface area (Å²) >= 11 is 10.9. The molecule has 5 amide bonds. The molecule has 7 heterocycles. The van der Waals surface area contributed by atoms with Crippen molar-refractivity contribution in [2.75, 3.05) is 65.4 Å². The maximum Gasteiger partial charge on any atom is 0.406 e. The number of guanidine groups is 5. The van der Waals surface area contributed by atoms with E-state index >= 15 is 0 Å². The molecule has 5 atom stereocenters. The Bertz CT molecular complexity index is 6860. The highest BCUT2D eigenvalue weighted by molar-refractivity contribution is 9.11. The van der Waals surface area contributed by atoms with Crippen molar-refractivity contribution >= 4 is 135 Å². The van der Waals surface area contributed by atoms with E-state index in [2.05, 4.69) is 46.7 Å². The van der Waals surface area contributed by atoms with E-state index in [9.17, 15) is 59.2 Å². The van der Waals surface area contributed by atoms with Crippen molar-refractivity contribution in [3.63, 3.8) is 0 Å². The second-order valence-electron chi connectivity index (χ2n) is 34.5. The minimum atomic E-state index is -4.56. The molecule has 10 aromatic carbocycles. The van der Waals surface area contributed by atoms with E-state index in [4.69, 9.17) is 55.0 Å². The van der Waals surface area contributed by atoms with Crippen LogP contribution in [0.15, 0.2) is 289 Å². The van der Waals surface area contributed by atoms with Crippen molar-refractivity contribution in [2.45, 2.75) is 104 Å². The standard InChI is InChI=1S/C28H30N4O4S.C23H20N4O.C20H17ClF3N3O.C19H22N4O3S.C9H11BrN4OS/c1-36-24-13-8-14-25(19-24)37(34,35)31-17-15-21(16-18-31)20-32-26(33)28(30-27(32)29,22-9-4-2-5-10-22)23-11-6-3-7-12-23;1-23(19-9-5-6-15(12-19)14-24)20(21(28)27(2)22(25)26-23)18-11-10-16-7-3-4-8-17(16)13-18;21-16-6-2-4-13(10-16)12-3-1-5-15(9-12)20(14-7-8-14)17(28)27(18(25)26-20)11-19(22,23)24;1-19(12-17(24)23(2)18(20)21-19)15-8-4-6-13(10-15)14-7-5-9-16(11-14)22-27(3,25)26;1-9(7-12-4-5(10)16-7)3-6(15)14(2)8(11)13-9/h2-14,19,21H,15-18,20H2,1H3,(H2,29,30);3-13,20H,1-2H3,(H2,25,26);1-6,9-10,14H,7-8,11H2,(H2,25,26);4-11,22H,12H2,1-3H3,(H2,20,21);4H,3H2,1-2H3,(H2,11,13)/t;20-,23+;;19-;9-/m.0.00/s1. The van der Waals surface area contributed by atoms with Crippen molar-refractivity contribution in [2.24, 2.45) is 65.5 Å². The quantitative estimate of drug-likeness (QED) is 0.0465. The molecule has 37 heteroatoms. The van der Waals surface area contributed by atoms with Crippen molar-refractivity contribution in [1.29, 1.82) is 5.26 Å². The number of hydrogen-bond acceptors (Lipinski definition) is 23. The molecule has 1 aromatic heterocycles. The van der Waals surface area contributed by atoms with Crippen molar-refractivity contribution < 1.29 is 58.7 Å². The highest BCUT2D eigenvalue weighted by Crippen LogP contribution is 2.53. The Balaban J connectivity index is 0.000000139. The van der Waals surface area contributed by atoms with Crippen LogP contribution < -0.4 is 38.1 Å². The van der Waals surface area contributed by atoms with E-state index in [-0.39, 0.29) is 76.6 Å². The number of ether oxygens (including phenoxy) is 1. The number of benzene rings is 10. The largest absolute Gasteiger partial charge is 0.497 e. The number of piperidine rings is 1. The number of carbonyl (C=O) groups is 5. The van der Waals surface area contributed by atoms with E-state index in [1.807, 2.05) is 185 Å². The van der Waals surface area contributed by atoms with Crippen LogP contribution in [0.1, 0.15) is 109 Å². The summed E-state index contributed by atoms with van der Waals surface area (Å²) in [6, 6.07) is 78.1. The summed E-state index contributed by atoms with van der Waals surface area (Å²) < 4.78 is 98.2. The van der Waals surface area contributed by atoms with E-state index < -0.39 is 72.3 Å². The van der Waals surface area contributed by atoms with Gasteiger partial charge < -0.3 is 33.4 Å². The summed E-state index contributed by atoms with van der Waals surface area (Å²) in [4.78, 5) is 97.7. The van der Waals surface area contributed by atoms with E-state index in [0.717, 1.165) is 75.9 Å². The Morgan fingerprint density at radius 3 is 1.66 bits per heavy atom. The molecular weight excluding hydrogens is 1880 g/mol. The van der Waals surface area contributed by atoms with Gasteiger partial charge in [-0.05, 0) is 201 Å². The number of thiazole rings is 1. The van der Waals surface area contributed by atoms with Crippen LogP contribution in [0.25, 0.3) is 33.0 Å². The lowest BCUT2D eigenvalue weighted by atomic mass is 9.74. The first-order valence-electron chi connectivity index (χ1n) is 43.2. The Morgan fingerprint density at radius 2 is 1.08 bits per heavy atom. The number of nitrogens with zero attached hydrogens (tertiary/aromatic N) is 13. The molecule has 2 fully saturated rings. The summed E-state index contributed by atoms with van der Waals surface area (Å²) in [6.07, 6.45) is 1.44. The molecule has 11 aromatic rings. The number of rotatable bonds is 18. The molecule has 1 saturated carbocycles. The van der Waals surface area contributed by atoms with Gasteiger partial charge in [0.15, 0.2) is 40.9 Å². The number of nitrogens with one attached hydrogen (secondary N) is 1. The number of likely N-dealkylation sites (N-methyl/N-ethyl adjacent to an activating group) is 1. The summed E-state index contributed by atoms with van der Waals surface area (Å²) in [7, 11) is -0.604. The summed E-state index contributed by atoms with van der Waals surface area (Å²) in [5, 5.41) is 12.8. The molecule has 6 aliphatic heterocycles. The Hall–Kier alpha value is -13.7. The minimum absolute atomic E-state index is 0.0404. The number of sulfonamides is 2. The van der Waals surface area contributed by atoms with E-state index in [1.165, 1.54) is 43.5 Å². The van der Waals surface area contributed by atoms with Gasteiger partial charge in [-0.25, -0.2) is 46.8 Å². The van der Waals surface area contributed by atoms with E-state index in [0.29, 0.717) is 84.2 Å². The third-order valence-corrected chi connectivity index (χ3v) is 29.3. The smallest absolute Gasteiger partial charge is 0.406 e. The lowest BCUT2D eigenvalue weighted by molar-refractivity contribution is -0.155. The van der Waals surface area contributed by atoms with Gasteiger partial charge in [0.2, 0.25) is 37.8 Å². The highest BCUT2D eigenvalue weighted by atomic mass is 79.9. The Kier molecular flexibility index (Phi) is 28.7. The predicted octanol–water partition coefficient (Wildman–Crippen LogP) is 14.4. The van der Waals surface area contributed by atoms with Crippen LogP contribution in [0.2, 0.25) is 5.02 Å². The first kappa shape index (κ1) is 98.3. The third kappa shape index (κ3) is 21.0. The van der Waals surface area contributed by atoms with Crippen LogP contribution in [-0.2, 0) is 71.7 Å². The molecule has 136 heavy (non-hydrogen) atoms. The monoisotopic (exact) mass is 1980 g/mol. The number of nitrogens with two attached hydrogens (primary N) is 5. The van der Waals surface area contributed by atoms with Crippen LogP contribution >= 0.6 is 38.9 Å². The number of halogens is 5. The molecule has 1 aliphatic carbocycles. The zero-order chi connectivity index (χ0) is 97.8. The minimum Gasteiger partial charge on any atom is -0.497 e. The fourth-order valence-electron chi connectivity index (χ4n) is 17.4. The zero-order valence-corrected chi connectivity index (χ0v) is 80.2. The van der Waals surface area contributed by atoms with Gasteiger partial charge in [-0.15, -0.1) is 11.3 Å². The molecule has 29 nitrogen and oxygen atoms in total. The second-order valence-corrected chi connectivity index (χ2v) is 41.0. The average molecular weight is 1980 g/mol. The van der Waals surface area contributed by atoms with Crippen LogP contribution in [-0.4, -0.2) is 177 Å². The van der Waals surface area contributed by atoms with Gasteiger partial charge in [0.25, 0.3) is 11.8 Å². The molecule has 0 spiro atoms. The van der Waals surface area contributed by atoms with Crippen molar-refractivity contribution in [3.05, 3.63) is 308 Å². The third-order valence-electron chi connectivity index (χ3n) is 24.9. The molecule has 704 valence electrons. The number of nitriles is 1. The SMILES string of the molecule is CN1C(=O)C[C@@](C)(c2cccc(-c3cccc(NS(C)(=O)=O)c3)c2)N=C1N.CN1C(=O)C[C@@](C)(c2ncc(Br)s2)N=C1N.CN1C(=O)[C@H](c2ccc3ccccc3c2)[C@@](C)(c2cccc(C#N)c2)N=C1N.COc1cccc(S(=O)(=O)N2CCC(CN3C(=O)C(c4ccccc4)(c4ccccc4)N=C3N)CC2)c1.NC1=NC(c2cccc(-c3cccc(Cl)c3)c2)(C2CC2)C(=O)N1CC(F)(F)F. The molecular formula is C99H100BrClF3N19O10S3. The number of methoxy groups -OCH3 is 1. The fourth-order valence-corrected chi connectivity index (χ4v) is 21.0. The van der Waals surface area contributed by atoms with Crippen molar-refractivity contribution in [1.82, 2.24) is 33.8 Å². The van der Waals surface area contributed by atoms with Gasteiger partial charge in [0, 0.05) is 57.6 Å². The van der Waals surface area contributed by atoms with Gasteiger partial charge in [-0.2, -0.15) is 22.7 Å². The van der Waals surface area contributed by atoms with Crippen LogP contribution in [0, 0.1) is 23.2 Å². The first-order valence-corrected chi connectivity index (χ1v) is 48.5. The number of alkyl halides is 3. The summed E-state index contributed by atoms with van der Waals surface area (Å²) in [5.74, 6) is -0.863. The van der Waals surface area contributed by atoms with Gasteiger partial charge in [-0.3, -0.25) is 53.2 Å². The lowest BCUT2D eigenvalue weighted by Crippen LogP contribution is -2.52. The number of anilines is 1. The maximum atomic E-state index is 14.0. The maximum absolute atomic E-state index is 14.0. The topological polar surface area (TPSA) is 423 Å². The molecule has 11 N–H and O–H groups in total. The van der Waals surface area contributed by atoms with Crippen LogP contribution in [0.3, 0.4) is 0 Å². The number of carbonyl (C=O) groups excluding carboxylic acids is 5. The second kappa shape index (κ2) is 39.7. The molecule has 0 bridgehead atoms. The van der Waals surface area contributed by atoms with Crippen LogP contribution in [0.5, 0.6) is 5.75 Å². The fraction of sp³-hybridized carbons (Fsp3) is 0.273.